The van der Waals surface area contributed by atoms with Crippen LogP contribution >= 0.6 is 0 Å². The number of hydrogen-bond donors (Lipinski definition) is 0. The molecule has 138 valence electrons. The maximum Gasteiger partial charge on any atom is 0.153 e. The van der Waals surface area contributed by atoms with Crippen LogP contribution in [0, 0.1) is 11.8 Å². The summed E-state index contributed by atoms with van der Waals surface area (Å²) in [5, 5.41) is 8.65. The van der Waals surface area contributed by atoms with Crippen LogP contribution < -0.4 is 0 Å². The lowest BCUT2D eigenvalue weighted by Crippen LogP contribution is -2.43. The van der Waals surface area contributed by atoms with Gasteiger partial charge in [0.25, 0.3) is 0 Å². The van der Waals surface area contributed by atoms with Crippen LogP contribution in [0.5, 0.6) is 0 Å². The summed E-state index contributed by atoms with van der Waals surface area (Å²) in [6.07, 6.45) is 1.95. The van der Waals surface area contributed by atoms with Gasteiger partial charge in [-0.2, -0.15) is 0 Å². The fourth-order valence-corrected chi connectivity index (χ4v) is 3.34. The quantitative estimate of drug-likeness (QED) is 0.571. The monoisotopic (exact) mass is 338 g/mol. The van der Waals surface area contributed by atoms with Crippen molar-refractivity contribution < 1.29 is 9.68 Å². The topological polar surface area (TPSA) is 49.7 Å². The molecule has 24 heavy (non-hydrogen) atoms. The Morgan fingerprint density at radius 2 is 1.17 bits per heavy atom. The van der Waals surface area contributed by atoms with E-state index >= 15 is 0 Å². The van der Waals surface area contributed by atoms with Crippen LogP contribution in [0.1, 0.15) is 40.5 Å². The first kappa shape index (κ1) is 19.2. The molecule has 0 amide bonds. The van der Waals surface area contributed by atoms with Gasteiger partial charge < -0.3 is 19.5 Å². The summed E-state index contributed by atoms with van der Waals surface area (Å²) < 4.78 is 0. The standard InChI is InChI=1S/C18H34N4O2/c1-13-11-21(5)15(3)9-17(13)19-23-7-8-24-20-18-10-16(4)22(6)12-14(18)2/h13-16H,7-12H2,1-6H3/b19-17-,20-18-/t13-,14+,15-,16-/m0/s1. The van der Waals surface area contributed by atoms with Crippen molar-refractivity contribution in [2.24, 2.45) is 22.1 Å². The number of rotatable bonds is 5. The first-order valence-corrected chi connectivity index (χ1v) is 9.16. The Bertz CT molecular complexity index is 424. The summed E-state index contributed by atoms with van der Waals surface area (Å²) in [7, 11) is 4.33. The maximum atomic E-state index is 5.45. The molecule has 0 aliphatic carbocycles. The van der Waals surface area contributed by atoms with Crippen LogP contribution in [0.15, 0.2) is 10.3 Å². The average Bonchev–Trinajstić information content (AvgIpc) is 2.52. The van der Waals surface area contributed by atoms with E-state index in [-0.39, 0.29) is 0 Å². The van der Waals surface area contributed by atoms with Gasteiger partial charge >= 0.3 is 0 Å². The van der Waals surface area contributed by atoms with Crippen LogP contribution in [0.3, 0.4) is 0 Å². The third kappa shape index (κ3) is 5.18. The van der Waals surface area contributed by atoms with E-state index in [4.69, 9.17) is 9.68 Å². The minimum atomic E-state index is 0.445. The van der Waals surface area contributed by atoms with Crippen molar-refractivity contribution in [1.29, 1.82) is 0 Å². The van der Waals surface area contributed by atoms with E-state index in [9.17, 15) is 0 Å². The molecule has 2 saturated heterocycles. The fourth-order valence-electron chi connectivity index (χ4n) is 3.34. The van der Waals surface area contributed by atoms with Crippen LogP contribution in [-0.2, 0) is 9.68 Å². The highest BCUT2D eigenvalue weighted by atomic mass is 16.7. The van der Waals surface area contributed by atoms with E-state index in [0.717, 1.165) is 37.4 Å². The van der Waals surface area contributed by atoms with E-state index < -0.39 is 0 Å². The molecule has 2 aliphatic heterocycles. The Balaban J connectivity index is 1.69. The van der Waals surface area contributed by atoms with E-state index in [1.54, 1.807) is 0 Å². The molecule has 2 aliphatic rings. The van der Waals surface area contributed by atoms with Crippen LogP contribution in [0.4, 0.5) is 0 Å². The molecule has 6 nitrogen and oxygen atoms in total. The molecule has 2 fully saturated rings. The number of piperidine rings is 2. The van der Waals surface area contributed by atoms with Gasteiger partial charge in [-0.05, 0) is 27.9 Å². The van der Waals surface area contributed by atoms with E-state index in [1.807, 2.05) is 0 Å². The molecule has 0 aromatic heterocycles. The normalized spacial score (nSPS) is 36.2. The van der Waals surface area contributed by atoms with Crippen molar-refractivity contribution in [3.05, 3.63) is 0 Å². The molecule has 2 heterocycles. The van der Waals surface area contributed by atoms with Gasteiger partial charge in [-0.3, -0.25) is 0 Å². The minimum Gasteiger partial charge on any atom is -0.392 e. The second-order valence-corrected chi connectivity index (χ2v) is 7.62. The van der Waals surface area contributed by atoms with Gasteiger partial charge in [-0.25, -0.2) is 0 Å². The summed E-state index contributed by atoms with van der Waals surface area (Å²) in [5.74, 6) is 0.905. The van der Waals surface area contributed by atoms with Crippen molar-refractivity contribution in [3.8, 4) is 0 Å². The molecule has 0 N–H and O–H groups in total. The van der Waals surface area contributed by atoms with Crippen LogP contribution in [0.25, 0.3) is 0 Å². The SMILES string of the molecule is C[C@@H]1CN(C)[C@@H](C)C/C1=N/OCCO/N=C1/C[C@H](C)N(C)C[C@@H]1C. The number of likely N-dealkylation sites (tertiary alicyclic amines) is 2. The lowest BCUT2D eigenvalue weighted by atomic mass is 9.93. The highest BCUT2D eigenvalue weighted by Gasteiger charge is 2.26. The lowest BCUT2D eigenvalue weighted by molar-refractivity contribution is 0.0502. The fraction of sp³-hybridized carbons (Fsp3) is 0.889. The van der Waals surface area contributed by atoms with E-state index in [0.29, 0.717) is 37.1 Å². The maximum absolute atomic E-state index is 5.45. The summed E-state index contributed by atoms with van der Waals surface area (Å²) >= 11 is 0. The number of nitrogens with zero attached hydrogens (tertiary/aromatic N) is 4. The van der Waals surface area contributed by atoms with Gasteiger partial charge in [0, 0.05) is 49.9 Å². The van der Waals surface area contributed by atoms with Crippen molar-refractivity contribution in [2.45, 2.75) is 52.6 Å². The van der Waals surface area contributed by atoms with Gasteiger partial charge in [0.05, 0.1) is 11.4 Å². The third-order valence-corrected chi connectivity index (χ3v) is 5.40. The van der Waals surface area contributed by atoms with Gasteiger partial charge in [-0.15, -0.1) is 0 Å². The highest BCUT2D eigenvalue weighted by Crippen LogP contribution is 2.19. The number of hydrogen-bond acceptors (Lipinski definition) is 6. The zero-order valence-corrected chi connectivity index (χ0v) is 16.2. The smallest absolute Gasteiger partial charge is 0.153 e. The molecular formula is C18H34N4O2. The van der Waals surface area contributed by atoms with Gasteiger partial charge in [0.15, 0.2) is 13.2 Å². The second kappa shape index (κ2) is 8.81. The molecule has 0 saturated carbocycles. The Labute approximate surface area is 146 Å². The lowest BCUT2D eigenvalue weighted by Gasteiger charge is -2.34. The minimum absolute atomic E-state index is 0.445. The summed E-state index contributed by atoms with van der Waals surface area (Å²) in [4.78, 5) is 15.6. The highest BCUT2D eigenvalue weighted by molar-refractivity contribution is 5.87. The first-order chi connectivity index (χ1) is 11.4. The molecule has 4 atom stereocenters. The van der Waals surface area contributed by atoms with Crippen molar-refractivity contribution in [3.63, 3.8) is 0 Å². The molecule has 0 aromatic rings. The van der Waals surface area contributed by atoms with Crippen molar-refractivity contribution in [1.82, 2.24) is 9.80 Å². The molecule has 2 rings (SSSR count). The first-order valence-electron chi connectivity index (χ1n) is 9.16. The van der Waals surface area contributed by atoms with E-state index in [2.05, 4.69) is 61.9 Å². The molecule has 0 aromatic carbocycles. The Morgan fingerprint density at radius 1 is 0.792 bits per heavy atom. The largest absolute Gasteiger partial charge is 0.392 e. The molecule has 0 bridgehead atoms. The van der Waals surface area contributed by atoms with Gasteiger partial charge in [-0.1, -0.05) is 24.2 Å². The Morgan fingerprint density at radius 3 is 1.54 bits per heavy atom. The second-order valence-electron chi connectivity index (χ2n) is 7.62. The zero-order chi connectivity index (χ0) is 17.7. The molecule has 0 unspecified atom stereocenters. The summed E-state index contributed by atoms with van der Waals surface area (Å²) in [6, 6.07) is 1.05. The predicted octanol–water partition coefficient (Wildman–Crippen LogP) is 2.45. The average molecular weight is 338 g/mol. The Hall–Kier alpha value is -1.14. The third-order valence-electron chi connectivity index (χ3n) is 5.40. The van der Waals surface area contributed by atoms with Gasteiger partial charge in [0.2, 0.25) is 0 Å². The zero-order valence-electron chi connectivity index (χ0n) is 16.2. The molecule has 6 heteroatoms. The van der Waals surface area contributed by atoms with Crippen molar-refractivity contribution in [2.75, 3.05) is 40.4 Å². The predicted molar refractivity (Wildman–Crippen MR) is 98.5 cm³/mol. The summed E-state index contributed by atoms with van der Waals surface area (Å²) in [5.41, 5.74) is 2.31. The Kier molecular flexibility index (Phi) is 7.04. The summed E-state index contributed by atoms with van der Waals surface area (Å²) in [6.45, 7) is 11.8. The van der Waals surface area contributed by atoms with Crippen molar-refractivity contribution >= 4 is 11.4 Å². The van der Waals surface area contributed by atoms with E-state index in [1.165, 1.54) is 0 Å². The molecular weight excluding hydrogens is 304 g/mol. The number of oxime groups is 2. The molecule has 0 spiro atoms. The van der Waals surface area contributed by atoms with Crippen LogP contribution in [-0.4, -0.2) is 73.7 Å². The molecule has 0 radical (unpaired) electrons. The van der Waals surface area contributed by atoms with Gasteiger partial charge in [0.1, 0.15) is 0 Å². The van der Waals surface area contributed by atoms with Crippen LogP contribution in [0.2, 0.25) is 0 Å².